The van der Waals surface area contributed by atoms with E-state index in [0.717, 1.165) is 35.8 Å². The molecule has 3 aromatic heterocycles. The highest BCUT2D eigenvalue weighted by Crippen LogP contribution is 2.33. The zero-order chi connectivity index (χ0) is 17.6. The van der Waals surface area contributed by atoms with Gasteiger partial charge in [0.05, 0.1) is 17.4 Å². The standard InChI is InChI=1S/C16H18N6O2S/c1-3-10-7-14(23)22-13(17-10)8-11(19-22)12-5-4-6-21(12)16(24)15-9(2)18-20-25-15/h7-8,12,19H,3-6H2,1-2H3/t12-/m1/s1. The zero-order valence-corrected chi connectivity index (χ0v) is 14.8. The van der Waals surface area contributed by atoms with Crippen molar-refractivity contribution in [2.24, 2.45) is 0 Å². The molecule has 1 saturated heterocycles. The Hall–Kier alpha value is -2.55. The third-order valence-electron chi connectivity index (χ3n) is 4.60. The molecule has 1 aliphatic rings. The fraction of sp³-hybridized carbons (Fsp3) is 0.438. The van der Waals surface area contributed by atoms with Crippen LogP contribution in [-0.2, 0) is 6.42 Å². The topological polar surface area (TPSA) is 96.2 Å². The first-order valence-corrected chi connectivity index (χ1v) is 9.07. The maximum atomic E-state index is 12.9. The lowest BCUT2D eigenvalue weighted by Gasteiger charge is -2.23. The van der Waals surface area contributed by atoms with E-state index in [9.17, 15) is 9.59 Å². The summed E-state index contributed by atoms with van der Waals surface area (Å²) in [5.74, 6) is -0.0526. The van der Waals surface area contributed by atoms with Crippen LogP contribution in [0.5, 0.6) is 0 Å². The SMILES string of the molecule is CCc1cc(=O)n2[nH]c([C@H]3CCCN3C(=O)c3snnc3C)cc2n1. The molecule has 1 amide bonds. The molecule has 4 heterocycles. The van der Waals surface area contributed by atoms with Gasteiger partial charge in [0.2, 0.25) is 0 Å². The largest absolute Gasteiger partial charge is 0.329 e. The van der Waals surface area contributed by atoms with Gasteiger partial charge >= 0.3 is 0 Å². The molecule has 1 atom stereocenters. The van der Waals surface area contributed by atoms with Crippen molar-refractivity contribution in [2.45, 2.75) is 39.2 Å². The van der Waals surface area contributed by atoms with Crippen LogP contribution in [0.1, 0.15) is 52.6 Å². The summed E-state index contributed by atoms with van der Waals surface area (Å²) in [5, 5.41) is 7.05. The minimum atomic E-state index is -0.133. The van der Waals surface area contributed by atoms with E-state index in [1.807, 2.05) is 17.9 Å². The Morgan fingerprint density at radius 1 is 1.44 bits per heavy atom. The van der Waals surface area contributed by atoms with Crippen LogP contribution < -0.4 is 5.56 Å². The molecule has 0 spiro atoms. The smallest absolute Gasteiger partial charge is 0.272 e. The molecule has 8 nitrogen and oxygen atoms in total. The first-order chi connectivity index (χ1) is 12.1. The van der Waals surface area contributed by atoms with Gasteiger partial charge in [-0.2, -0.15) is 0 Å². The van der Waals surface area contributed by atoms with Crippen molar-refractivity contribution in [1.29, 1.82) is 0 Å². The van der Waals surface area contributed by atoms with Gasteiger partial charge in [-0.05, 0) is 37.7 Å². The summed E-state index contributed by atoms with van der Waals surface area (Å²) in [6.45, 7) is 4.44. The molecule has 3 aromatic rings. The molecule has 0 unspecified atom stereocenters. The Bertz CT molecular complexity index is 1000. The molecule has 130 valence electrons. The van der Waals surface area contributed by atoms with Gasteiger partial charge < -0.3 is 4.90 Å². The molecule has 0 radical (unpaired) electrons. The van der Waals surface area contributed by atoms with E-state index < -0.39 is 0 Å². The number of rotatable bonds is 3. The number of fused-ring (bicyclic) bond motifs is 1. The van der Waals surface area contributed by atoms with Crippen molar-refractivity contribution in [2.75, 3.05) is 6.54 Å². The quantitative estimate of drug-likeness (QED) is 0.769. The van der Waals surface area contributed by atoms with E-state index in [4.69, 9.17) is 0 Å². The van der Waals surface area contributed by atoms with Gasteiger partial charge in [-0.3, -0.25) is 14.7 Å². The van der Waals surface area contributed by atoms with Crippen LogP contribution >= 0.6 is 11.5 Å². The molecule has 0 saturated carbocycles. The molecule has 1 N–H and O–H groups in total. The van der Waals surface area contributed by atoms with E-state index in [2.05, 4.69) is 19.7 Å². The van der Waals surface area contributed by atoms with Crippen LogP contribution in [0.4, 0.5) is 0 Å². The highest BCUT2D eigenvalue weighted by atomic mass is 32.1. The minimum absolute atomic E-state index is 0.0526. The maximum absolute atomic E-state index is 12.9. The molecule has 0 aromatic carbocycles. The number of likely N-dealkylation sites (tertiary alicyclic amines) is 1. The Kier molecular flexibility index (Phi) is 3.87. The molecular weight excluding hydrogens is 340 g/mol. The molecule has 25 heavy (non-hydrogen) atoms. The molecule has 1 aliphatic heterocycles. The van der Waals surface area contributed by atoms with E-state index in [1.54, 1.807) is 6.92 Å². The van der Waals surface area contributed by atoms with E-state index in [-0.39, 0.29) is 17.5 Å². The summed E-state index contributed by atoms with van der Waals surface area (Å²) in [6.07, 6.45) is 2.47. The third-order valence-corrected chi connectivity index (χ3v) is 5.42. The highest BCUT2D eigenvalue weighted by Gasteiger charge is 2.33. The third kappa shape index (κ3) is 2.64. The van der Waals surface area contributed by atoms with E-state index >= 15 is 0 Å². The molecule has 0 bridgehead atoms. The first-order valence-electron chi connectivity index (χ1n) is 8.30. The number of carbonyl (C=O) groups excluding carboxylic acids is 1. The zero-order valence-electron chi connectivity index (χ0n) is 14.0. The first kappa shape index (κ1) is 15.9. The van der Waals surface area contributed by atoms with Crippen LogP contribution in [0.15, 0.2) is 16.9 Å². The minimum Gasteiger partial charge on any atom is -0.329 e. The lowest BCUT2D eigenvalue weighted by molar-refractivity contribution is 0.0736. The van der Waals surface area contributed by atoms with Crippen LogP contribution in [0, 0.1) is 6.92 Å². The summed E-state index contributed by atoms with van der Waals surface area (Å²) in [4.78, 5) is 32.0. The lowest BCUT2D eigenvalue weighted by Crippen LogP contribution is -2.30. The molecule has 0 aliphatic carbocycles. The normalized spacial score (nSPS) is 17.5. The van der Waals surface area contributed by atoms with Gasteiger partial charge in [0.1, 0.15) is 4.88 Å². The van der Waals surface area contributed by atoms with Gasteiger partial charge in [0.15, 0.2) is 5.65 Å². The number of hydrogen-bond acceptors (Lipinski definition) is 6. The highest BCUT2D eigenvalue weighted by molar-refractivity contribution is 7.07. The lowest BCUT2D eigenvalue weighted by atomic mass is 10.1. The second kappa shape index (κ2) is 6.07. The van der Waals surface area contributed by atoms with Crippen LogP contribution in [0.2, 0.25) is 0 Å². The number of nitrogens with zero attached hydrogens (tertiary/aromatic N) is 5. The Morgan fingerprint density at radius 2 is 2.28 bits per heavy atom. The summed E-state index contributed by atoms with van der Waals surface area (Å²) in [5.41, 5.74) is 2.71. The van der Waals surface area contributed by atoms with Crippen molar-refractivity contribution in [1.82, 2.24) is 29.1 Å². The number of nitrogens with one attached hydrogen (secondary N) is 1. The Morgan fingerprint density at radius 3 is 3.00 bits per heavy atom. The number of aromatic nitrogens is 5. The molecule has 1 fully saturated rings. The van der Waals surface area contributed by atoms with Crippen molar-refractivity contribution < 1.29 is 4.79 Å². The number of aromatic amines is 1. The Labute approximate surface area is 147 Å². The van der Waals surface area contributed by atoms with Crippen molar-refractivity contribution in [3.05, 3.63) is 44.4 Å². The average Bonchev–Trinajstić information content (AvgIpc) is 3.32. The fourth-order valence-electron chi connectivity index (χ4n) is 3.30. The number of carbonyl (C=O) groups is 1. The summed E-state index contributed by atoms with van der Waals surface area (Å²) in [6, 6.07) is 3.31. The number of H-pyrrole nitrogens is 1. The second-order valence-corrected chi connectivity index (χ2v) is 6.94. The van der Waals surface area contributed by atoms with E-state index in [0.29, 0.717) is 29.2 Å². The van der Waals surface area contributed by atoms with Gasteiger partial charge in [-0.15, -0.1) is 5.10 Å². The molecule has 9 heteroatoms. The van der Waals surface area contributed by atoms with Gasteiger partial charge in [-0.25, -0.2) is 9.50 Å². The maximum Gasteiger partial charge on any atom is 0.272 e. The number of aryl methyl sites for hydroxylation is 2. The van der Waals surface area contributed by atoms with Crippen LogP contribution in [0.3, 0.4) is 0 Å². The summed E-state index contributed by atoms with van der Waals surface area (Å²) >= 11 is 1.12. The van der Waals surface area contributed by atoms with Crippen molar-refractivity contribution in [3.8, 4) is 0 Å². The predicted molar refractivity (Wildman–Crippen MR) is 92.8 cm³/mol. The average molecular weight is 358 g/mol. The number of hydrogen-bond donors (Lipinski definition) is 1. The van der Waals surface area contributed by atoms with Crippen molar-refractivity contribution in [3.63, 3.8) is 0 Å². The van der Waals surface area contributed by atoms with Gasteiger partial charge in [-0.1, -0.05) is 11.4 Å². The van der Waals surface area contributed by atoms with Crippen LogP contribution in [-0.4, -0.2) is 41.5 Å². The fourth-order valence-corrected chi connectivity index (χ4v) is 3.92. The second-order valence-electron chi connectivity index (χ2n) is 6.19. The van der Waals surface area contributed by atoms with Gasteiger partial charge in [0, 0.05) is 24.4 Å². The molecular formula is C16H18N6O2S. The van der Waals surface area contributed by atoms with Crippen molar-refractivity contribution >= 4 is 23.1 Å². The summed E-state index contributed by atoms with van der Waals surface area (Å²) < 4.78 is 5.30. The van der Waals surface area contributed by atoms with Crippen LogP contribution in [0.25, 0.3) is 5.65 Å². The van der Waals surface area contributed by atoms with Gasteiger partial charge in [0.25, 0.3) is 11.5 Å². The van der Waals surface area contributed by atoms with E-state index in [1.165, 1.54) is 10.6 Å². The number of amides is 1. The summed E-state index contributed by atoms with van der Waals surface area (Å²) in [7, 11) is 0. The Balaban J connectivity index is 1.72. The molecule has 4 rings (SSSR count). The monoisotopic (exact) mass is 358 g/mol. The predicted octanol–water partition coefficient (Wildman–Crippen LogP) is 1.72.